The maximum absolute atomic E-state index is 11.5. The van der Waals surface area contributed by atoms with E-state index in [-0.39, 0.29) is 24.1 Å². The first-order valence-electron chi connectivity index (χ1n) is 7.84. The van der Waals surface area contributed by atoms with Crippen LogP contribution in [0, 0.1) is 0 Å². The van der Waals surface area contributed by atoms with Crippen molar-refractivity contribution < 1.29 is 24.3 Å². The van der Waals surface area contributed by atoms with Crippen molar-refractivity contribution in [2.75, 3.05) is 13.1 Å². The van der Waals surface area contributed by atoms with Crippen molar-refractivity contribution in [3.05, 3.63) is 0 Å². The highest BCUT2D eigenvalue weighted by molar-refractivity contribution is 5.84. The van der Waals surface area contributed by atoms with Gasteiger partial charge in [0.15, 0.2) is 0 Å². The number of hydrogen-bond donors (Lipinski definition) is 4. The van der Waals surface area contributed by atoms with Crippen LogP contribution in [0.4, 0.5) is 0 Å². The Morgan fingerprint density at radius 2 is 1.52 bits per heavy atom. The van der Waals surface area contributed by atoms with Crippen molar-refractivity contribution in [3.63, 3.8) is 0 Å². The highest BCUT2D eigenvalue weighted by Crippen LogP contribution is 2.01. The SMILES string of the molecule is CC(=O)CNC(=O)CCCCC(=O)NCCCCC(N)C(=O)O. The summed E-state index contributed by atoms with van der Waals surface area (Å²) in [7, 11) is 0. The quantitative estimate of drug-likeness (QED) is 0.349. The lowest BCUT2D eigenvalue weighted by molar-refractivity contribution is -0.138. The van der Waals surface area contributed by atoms with E-state index in [9.17, 15) is 19.2 Å². The molecule has 0 aromatic heterocycles. The van der Waals surface area contributed by atoms with Crippen LogP contribution in [-0.2, 0) is 19.2 Å². The molecule has 2 amide bonds. The largest absolute Gasteiger partial charge is 0.480 e. The molecule has 0 saturated heterocycles. The number of carbonyl (C=O) groups excluding carboxylic acids is 3. The summed E-state index contributed by atoms with van der Waals surface area (Å²) in [4.78, 5) is 44.0. The van der Waals surface area contributed by atoms with Gasteiger partial charge >= 0.3 is 5.97 Å². The molecule has 0 aromatic carbocycles. The summed E-state index contributed by atoms with van der Waals surface area (Å²) in [6.07, 6.45) is 3.54. The number of hydrogen-bond acceptors (Lipinski definition) is 5. The van der Waals surface area contributed by atoms with Gasteiger partial charge in [0.25, 0.3) is 0 Å². The fraction of sp³-hybridized carbons (Fsp3) is 0.733. The number of carboxylic acids is 1. The summed E-state index contributed by atoms with van der Waals surface area (Å²) in [5.74, 6) is -1.38. The lowest BCUT2D eigenvalue weighted by atomic mass is 10.1. The lowest BCUT2D eigenvalue weighted by Crippen LogP contribution is -2.30. The molecule has 0 bridgehead atoms. The second-order valence-electron chi connectivity index (χ2n) is 5.48. The van der Waals surface area contributed by atoms with Crippen LogP contribution in [0.1, 0.15) is 51.9 Å². The molecule has 0 fully saturated rings. The Balaban J connectivity index is 3.49. The Morgan fingerprint density at radius 1 is 0.957 bits per heavy atom. The van der Waals surface area contributed by atoms with Gasteiger partial charge in [-0.1, -0.05) is 0 Å². The predicted octanol–water partition coefficient (Wildman–Crippen LogP) is -0.0496. The smallest absolute Gasteiger partial charge is 0.320 e. The molecule has 0 saturated carbocycles. The third-order valence-corrected chi connectivity index (χ3v) is 3.17. The molecule has 0 aliphatic carbocycles. The molecule has 0 rings (SSSR count). The van der Waals surface area contributed by atoms with E-state index in [0.29, 0.717) is 51.5 Å². The fourth-order valence-corrected chi connectivity index (χ4v) is 1.81. The molecular formula is C15H27N3O5. The lowest BCUT2D eigenvalue weighted by Gasteiger charge is -2.07. The Hall–Kier alpha value is -1.96. The molecule has 0 aliphatic rings. The highest BCUT2D eigenvalue weighted by Gasteiger charge is 2.10. The van der Waals surface area contributed by atoms with Crippen LogP contribution in [-0.4, -0.2) is 47.8 Å². The molecule has 0 heterocycles. The highest BCUT2D eigenvalue weighted by atomic mass is 16.4. The Bertz CT molecular complexity index is 412. The van der Waals surface area contributed by atoms with Gasteiger partial charge in [0.05, 0.1) is 6.54 Å². The Labute approximate surface area is 136 Å². The number of nitrogens with one attached hydrogen (secondary N) is 2. The maximum Gasteiger partial charge on any atom is 0.320 e. The van der Waals surface area contributed by atoms with Crippen molar-refractivity contribution in [2.45, 2.75) is 57.9 Å². The first-order valence-corrected chi connectivity index (χ1v) is 7.84. The monoisotopic (exact) mass is 329 g/mol. The second kappa shape index (κ2) is 12.6. The van der Waals surface area contributed by atoms with E-state index >= 15 is 0 Å². The van der Waals surface area contributed by atoms with Gasteiger partial charge in [0.1, 0.15) is 11.8 Å². The Morgan fingerprint density at radius 3 is 2.04 bits per heavy atom. The van der Waals surface area contributed by atoms with E-state index in [1.807, 2.05) is 0 Å². The summed E-state index contributed by atoms with van der Waals surface area (Å²) in [6.45, 7) is 1.94. The molecule has 8 heteroatoms. The predicted molar refractivity (Wildman–Crippen MR) is 84.6 cm³/mol. The number of aliphatic carboxylic acids is 1. The van der Waals surface area contributed by atoms with Crippen molar-refractivity contribution in [2.24, 2.45) is 5.73 Å². The van der Waals surface area contributed by atoms with Gasteiger partial charge in [-0.15, -0.1) is 0 Å². The zero-order valence-corrected chi connectivity index (χ0v) is 13.6. The first-order chi connectivity index (χ1) is 10.8. The molecule has 0 aromatic rings. The molecule has 8 nitrogen and oxygen atoms in total. The summed E-state index contributed by atoms with van der Waals surface area (Å²) >= 11 is 0. The molecule has 0 radical (unpaired) electrons. The third kappa shape index (κ3) is 13.4. The molecule has 0 aliphatic heterocycles. The average molecular weight is 329 g/mol. The van der Waals surface area contributed by atoms with E-state index < -0.39 is 12.0 Å². The minimum absolute atomic E-state index is 0.0465. The molecule has 1 atom stereocenters. The maximum atomic E-state index is 11.5. The van der Waals surface area contributed by atoms with E-state index in [2.05, 4.69) is 10.6 Å². The summed E-state index contributed by atoms with van der Waals surface area (Å²) in [5, 5.41) is 13.8. The molecule has 1 unspecified atom stereocenters. The standard InChI is InChI=1S/C15H27N3O5/c1-11(19)10-18-14(21)8-3-2-7-13(20)17-9-5-4-6-12(16)15(22)23/h12H,2-10,16H2,1H3,(H,17,20)(H,18,21)(H,22,23). The summed E-state index contributed by atoms with van der Waals surface area (Å²) in [6, 6.07) is -0.847. The van der Waals surface area contributed by atoms with Crippen LogP contribution in [0.2, 0.25) is 0 Å². The minimum Gasteiger partial charge on any atom is -0.480 e. The van der Waals surface area contributed by atoms with E-state index in [0.717, 1.165) is 0 Å². The summed E-state index contributed by atoms with van der Waals surface area (Å²) in [5.41, 5.74) is 5.36. The number of nitrogens with two attached hydrogens (primary N) is 1. The number of Topliss-reactive ketones (excluding diaryl/α,β-unsaturated/α-hetero) is 1. The number of unbranched alkanes of at least 4 members (excludes halogenated alkanes) is 2. The van der Waals surface area contributed by atoms with Gasteiger partial charge in [-0.05, 0) is 39.0 Å². The van der Waals surface area contributed by atoms with Crippen LogP contribution in [0.25, 0.3) is 0 Å². The minimum atomic E-state index is -1.01. The Kier molecular flexibility index (Phi) is 11.5. The number of ketones is 1. The fourth-order valence-electron chi connectivity index (χ4n) is 1.81. The van der Waals surface area contributed by atoms with Gasteiger partial charge in [0, 0.05) is 19.4 Å². The van der Waals surface area contributed by atoms with E-state index in [4.69, 9.17) is 10.8 Å². The van der Waals surface area contributed by atoms with Crippen molar-refractivity contribution in [3.8, 4) is 0 Å². The molecule has 23 heavy (non-hydrogen) atoms. The van der Waals surface area contributed by atoms with Crippen LogP contribution >= 0.6 is 0 Å². The van der Waals surface area contributed by atoms with Gasteiger partial charge in [-0.2, -0.15) is 0 Å². The number of carboxylic acid groups (broad SMARTS) is 1. The molecule has 0 spiro atoms. The van der Waals surface area contributed by atoms with Gasteiger partial charge in [-0.3, -0.25) is 19.2 Å². The van der Waals surface area contributed by atoms with Crippen LogP contribution < -0.4 is 16.4 Å². The van der Waals surface area contributed by atoms with Gasteiger partial charge < -0.3 is 21.5 Å². The topological polar surface area (TPSA) is 139 Å². The second-order valence-corrected chi connectivity index (χ2v) is 5.48. The first kappa shape index (κ1) is 21.0. The van der Waals surface area contributed by atoms with Crippen LogP contribution in [0.15, 0.2) is 0 Å². The molecule has 132 valence electrons. The van der Waals surface area contributed by atoms with Crippen molar-refractivity contribution >= 4 is 23.6 Å². The number of rotatable bonds is 13. The van der Waals surface area contributed by atoms with Crippen LogP contribution in [0.5, 0.6) is 0 Å². The van der Waals surface area contributed by atoms with Crippen LogP contribution in [0.3, 0.4) is 0 Å². The van der Waals surface area contributed by atoms with Gasteiger partial charge in [0.2, 0.25) is 11.8 Å². The third-order valence-electron chi connectivity index (χ3n) is 3.17. The number of amides is 2. The van der Waals surface area contributed by atoms with Crippen molar-refractivity contribution in [1.29, 1.82) is 0 Å². The zero-order valence-electron chi connectivity index (χ0n) is 13.6. The molecule has 5 N–H and O–H groups in total. The summed E-state index contributed by atoms with van der Waals surface area (Å²) < 4.78 is 0. The normalized spacial score (nSPS) is 11.6. The van der Waals surface area contributed by atoms with Gasteiger partial charge in [-0.25, -0.2) is 0 Å². The van der Waals surface area contributed by atoms with Crippen molar-refractivity contribution in [1.82, 2.24) is 10.6 Å². The average Bonchev–Trinajstić information content (AvgIpc) is 2.48. The molecular weight excluding hydrogens is 302 g/mol. The van der Waals surface area contributed by atoms with E-state index in [1.165, 1.54) is 6.92 Å². The number of carbonyl (C=O) groups is 4. The zero-order chi connectivity index (χ0) is 17.7. The van der Waals surface area contributed by atoms with E-state index in [1.54, 1.807) is 0 Å².